The molecular formula is C21H30N4O3S2. The molecule has 0 saturated heterocycles. The number of carbonyl (C=O) groups is 1. The van der Waals surface area contributed by atoms with Crippen LogP contribution < -0.4 is 15.8 Å². The van der Waals surface area contributed by atoms with Crippen molar-refractivity contribution in [3.63, 3.8) is 0 Å². The molecule has 1 aliphatic rings. The number of anilines is 2. The van der Waals surface area contributed by atoms with Crippen molar-refractivity contribution in [2.75, 3.05) is 16.8 Å². The van der Waals surface area contributed by atoms with Crippen LogP contribution in [-0.4, -0.2) is 37.0 Å². The van der Waals surface area contributed by atoms with E-state index in [-0.39, 0.29) is 35.4 Å². The molecule has 7 nitrogen and oxygen atoms in total. The maximum Gasteiger partial charge on any atom is 0.212 e. The van der Waals surface area contributed by atoms with Gasteiger partial charge in [-0.15, -0.1) is 0 Å². The number of aryl methyl sites for hydroxylation is 1. The van der Waals surface area contributed by atoms with E-state index >= 15 is 0 Å². The van der Waals surface area contributed by atoms with E-state index in [1.165, 1.54) is 11.3 Å². The second-order valence-electron chi connectivity index (χ2n) is 8.41. The molecule has 3 rings (SSSR count). The zero-order valence-electron chi connectivity index (χ0n) is 17.6. The molecule has 4 N–H and O–H groups in total. The third-order valence-corrected chi connectivity index (χ3v) is 7.93. The van der Waals surface area contributed by atoms with Crippen molar-refractivity contribution < 1.29 is 13.2 Å². The molecule has 1 aromatic heterocycles. The molecule has 1 fully saturated rings. The Balaban J connectivity index is 1.56. The number of ketones is 1. The van der Waals surface area contributed by atoms with Crippen LogP contribution in [0.1, 0.15) is 60.3 Å². The van der Waals surface area contributed by atoms with Crippen molar-refractivity contribution in [3.8, 4) is 0 Å². The number of benzene rings is 1. The van der Waals surface area contributed by atoms with Crippen LogP contribution in [0, 0.1) is 12.8 Å². The highest BCUT2D eigenvalue weighted by atomic mass is 32.2. The van der Waals surface area contributed by atoms with Gasteiger partial charge in [0, 0.05) is 17.6 Å². The lowest BCUT2D eigenvalue weighted by Gasteiger charge is -2.29. The van der Waals surface area contributed by atoms with E-state index in [9.17, 15) is 13.2 Å². The lowest BCUT2D eigenvalue weighted by Crippen LogP contribution is -2.41. The number of carbonyl (C=O) groups excluding carboxylic acids is 1. The van der Waals surface area contributed by atoms with Gasteiger partial charge in [0.25, 0.3) is 0 Å². The number of nitrogen functional groups attached to an aromatic ring is 1. The monoisotopic (exact) mass is 450 g/mol. The van der Waals surface area contributed by atoms with E-state index in [4.69, 9.17) is 5.73 Å². The first-order chi connectivity index (χ1) is 14.1. The number of rotatable bonds is 8. The topological polar surface area (TPSA) is 114 Å². The molecule has 1 saturated carbocycles. The first-order valence-electron chi connectivity index (χ1n) is 10.3. The second-order valence-corrected chi connectivity index (χ2v) is 11.2. The van der Waals surface area contributed by atoms with Crippen molar-refractivity contribution in [2.24, 2.45) is 5.92 Å². The fourth-order valence-corrected chi connectivity index (χ4v) is 6.30. The standard InChI is InChI=1S/C21H30N4O3S2/c1-13(2)12-30(27,28)25-17-10-8-16(9-11-17)23-21-24-20(22)19(29-21)18(26)15-6-4-14(3)5-7-15/h4-7,13,16-17,25H,8-12,22H2,1-3H3,(H,23,24). The third kappa shape index (κ3) is 6.02. The average Bonchev–Trinajstić information content (AvgIpc) is 3.02. The Hall–Kier alpha value is -1.97. The first-order valence-corrected chi connectivity index (χ1v) is 12.7. The first kappa shape index (κ1) is 22.7. The number of aromatic nitrogens is 1. The summed E-state index contributed by atoms with van der Waals surface area (Å²) in [6.45, 7) is 5.77. The average molecular weight is 451 g/mol. The molecule has 1 aromatic carbocycles. The largest absolute Gasteiger partial charge is 0.382 e. The van der Waals surface area contributed by atoms with Crippen LogP contribution in [0.4, 0.5) is 10.9 Å². The van der Waals surface area contributed by atoms with Gasteiger partial charge in [-0.1, -0.05) is 55.0 Å². The van der Waals surface area contributed by atoms with Gasteiger partial charge in [0.1, 0.15) is 10.7 Å². The Morgan fingerprint density at radius 2 is 1.77 bits per heavy atom. The molecule has 0 aliphatic heterocycles. The summed E-state index contributed by atoms with van der Waals surface area (Å²) < 4.78 is 27.1. The minimum absolute atomic E-state index is 0.0214. The fourth-order valence-electron chi connectivity index (χ4n) is 3.66. The van der Waals surface area contributed by atoms with Crippen molar-refractivity contribution in [3.05, 3.63) is 40.3 Å². The molecule has 0 bridgehead atoms. The summed E-state index contributed by atoms with van der Waals surface area (Å²) in [4.78, 5) is 17.5. The number of hydrogen-bond donors (Lipinski definition) is 3. The molecule has 164 valence electrons. The van der Waals surface area contributed by atoms with Gasteiger partial charge in [-0.2, -0.15) is 0 Å². The summed E-state index contributed by atoms with van der Waals surface area (Å²) in [5.41, 5.74) is 7.69. The van der Waals surface area contributed by atoms with Gasteiger partial charge in [0.2, 0.25) is 15.8 Å². The normalized spacial score (nSPS) is 19.7. The van der Waals surface area contributed by atoms with Crippen molar-refractivity contribution in [1.29, 1.82) is 0 Å². The highest BCUT2D eigenvalue weighted by Crippen LogP contribution is 2.30. The van der Waals surface area contributed by atoms with Crippen molar-refractivity contribution in [2.45, 2.75) is 58.5 Å². The molecule has 0 radical (unpaired) electrons. The van der Waals surface area contributed by atoms with E-state index in [1.54, 1.807) is 12.1 Å². The van der Waals surface area contributed by atoms with Crippen molar-refractivity contribution in [1.82, 2.24) is 9.71 Å². The Labute approximate surface area is 182 Å². The van der Waals surface area contributed by atoms with Crippen LogP contribution in [-0.2, 0) is 10.0 Å². The smallest absolute Gasteiger partial charge is 0.212 e. The van der Waals surface area contributed by atoms with Crippen molar-refractivity contribution >= 4 is 38.1 Å². The quantitative estimate of drug-likeness (QED) is 0.530. The predicted octanol–water partition coefficient (Wildman–Crippen LogP) is 3.56. The molecule has 9 heteroatoms. The van der Waals surface area contributed by atoms with Gasteiger partial charge in [0.05, 0.1) is 5.75 Å². The number of nitrogens with zero attached hydrogens (tertiary/aromatic N) is 1. The lowest BCUT2D eigenvalue weighted by molar-refractivity contribution is 0.104. The highest BCUT2D eigenvalue weighted by Gasteiger charge is 2.26. The summed E-state index contributed by atoms with van der Waals surface area (Å²) in [6, 6.07) is 7.56. The Morgan fingerprint density at radius 3 is 2.37 bits per heavy atom. The molecule has 1 heterocycles. The van der Waals surface area contributed by atoms with Crippen LogP contribution in [0.3, 0.4) is 0 Å². The van der Waals surface area contributed by atoms with Crippen LogP contribution in [0.5, 0.6) is 0 Å². The molecule has 0 unspecified atom stereocenters. The third-order valence-electron chi connectivity index (χ3n) is 5.13. The number of nitrogens with two attached hydrogens (primary N) is 1. The summed E-state index contributed by atoms with van der Waals surface area (Å²) in [5.74, 6) is 0.374. The number of nitrogens with one attached hydrogen (secondary N) is 2. The fraction of sp³-hybridized carbons (Fsp3) is 0.524. The minimum atomic E-state index is -3.23. The molecule has 0 amide bonds. The van der Waals surface area contributed by atoms with E-state index in [0.717, 1.165) is 31.2 Å². The summed E-state index contributed by atoms with van der Waals surface area (Å²) in [7, 11) is -3.23. The number of thiazole rings is 1. The molecule has 1 aliphatic carbocycles. The highest BCUT2D eigenvalue weighted by molar-refractivity contribution is 7.89. The summed E-state index contributed by atoms with van der Waals surface area (Å²) >= 11 is 1.27. The predicted molar refractivity (Wildman–Crippen MR) is 123 cm³/mol. The van der Waals surface area contributed by atoms with Crippen LogP contribution in [0.25, 0.3) is 0 Å². The molecule has 2 aromatic rings. The van der Waals surface area contributed by atoms with E-state index < -0.39 is 10.0 Å². The minimum Gasteiger partial charge on any atom is -0.382 e. The van der Waals surface area contributed by atoms with E-state index in [1.807, 2.05) is 32.9 Å². The van der Waals surface area contributed by atoms with Gasteiger partial charge in [-0.05, 0) is 38.5 Å². The van der Waals surface area contributed by atoms with Gasteiger partial charge in [-0.25, -0.2) is 18.1 Å². The number of hydrogen-bond acceptors (Lipinski definition) is 7. The molecule has 0 spiro atoms. The molecular weight excluding hydrogens is 420 g/mol. The van der Waals surface area contributed by atoms with Gasteiger partial charge < -0.3 is 11.1 Å². The molecule has 0 atom stereocenters. The van der Waals surface area contributed by atoms with E-state index in [0.29, 0.717) is 15.6 Å². The SMILES string of the molecule is Cc1ccc(C(=O)c2sc(NC3CCC(NS(=O)(=O)CC(C)C)CC3)nc2N)cc1. The van der Waals surface area contributed by atoms with E-state index in [2.05, 4.69) is 15.0 Å². The Kier molecular flexibility index (Phi) is 7.15. The summed E-state index contributed by atoms with van der Waals surface area (Å²) in [5, 5.41) is 4.00. The maximum atomic E-state index is 12.7. The van der Waals surface area contributed by atoms with Crippen LogP contribution >= 0.6 is 11.3 Å². The zero-order valence-corrected chi connectivity index (χ0v) is 19.3. The number of sulfonamides is 1. The van der Waals surface area contributed by atoms with Crippen LogP contribution in [0.2, 0.25) is 0 Å². The molecule has 30 heavy (non-hydrogen) atoms. The lowest BCUT2D eigenvalue weighted by atomic mass is 9.92. The zero-order chi connectivity index (χ0) is 21.9. The van der Waals surface area contributed by atoms with Gasteiger partial charge >= 0.3 is 0 Å². The second kappa shape index (κ2) is 9.45. The van der Waals surface area contributed by atoms with Crippen LogP contribution in [0.15, 0.2) is 24.3 Å². The summed E-state index contributed by atoms with van der Waals surface area (Å²) in [6.07, 6.45) is 3.20. The Bertz CT molecular complexity index is 976. The Morgan fingerprint density at radius 1 is 1.17 bits per heavy atom. The van der Waals surface area contributed by atoms with Gasteiger partial charge in [-0.3, -0.25) is 4.79 Å². The maximum absolute atomic E-state index is 12.7. The van der Waals surface area contributed by atoms with Gasteiger partial charge in [0.15, 0.2) is 5.13 Å².